The van der Waals surface area contributed by atoms with E-state index >= 15 is 0 Å². The predicted octanol–water partition coefficient (Wildman–Crippen LogP) is 6.38. The highest BCUT2D eigenvalue weighted by molar-refractivity contribution is 6.31. The molecule has 1 aliphatic rings. The minimum absolute atomic E-state index is 0.0117. The number of hydrogen-bond donors (Lipinski definition) is 0. The maximum absolute atomic E-state index is 14.5. The molecule has 0 N–H and O–H groups in total. The Bertz CT molecular complexity index is 1350. The summed E-state index contributed by atoms with van der Waals surface area (Å²) in [7, 11) is 0. The van der Waals surface area contributed by atoms with Crippen molar-refractivity contribution in [3.05, 3.63) is 58.6 Å². The van der Waals surface area contributed by atoms with Crippen molar-refractivity contribution < 1.29 is 13.2 Å². The molecule has 0 spiro atoms. The number of halogens is 4. The van der Waals surface area contributed by atoms with Crippen molar-refractivity contribution in [1.29, 1.82) is 0 Å². The third kappa shape index (κ3) is 3.80. The van der Waals surface area contributed by atoms with Gasteiger partial charge in [0.25, 0.3) is 5.78 Å². The van der Waals surface area contributed by atoms with E-state index in [0.29, 0.717) is 41.9 Å². The Balaban J connectivity index is 1.62. The van der Waals surface area contributed by atoms with Gasteiger partial charge >= 0.3 is 0 Å². The van der Waals surface area contributed by atoms with Crippen molar-refractivity contribution in [3.63, 3.8) is 0 Å². The Hall–Kier alpha value is -2.87. The van der Waals surface area contributed by atoms with Crippen molar-refractivity contribution >= 4 is 39.8 Å². The lowest BCUT2D eigenvalue weighted by Gasteiger charge is -2.33. The molecule has 1 aliphatic heterocycles. The van der Waals surface area contributed by atoms with Crippen molar-refractivity contribution in [1.82, 2.24) is 19.6 Å². The SMILES string of the molecule is CC(C)(CCc1cccc2c1CCCN2c1nc2nncn2c2cc(Cl)c(F)cc12)C(F)F. The highest BCUT2D eigenvalue weighted by Crippen LogP contribution is 2.40. The number of aromatic nitrogens is 4. The molecule has 0 radical (unpaired) electrons. The molecule has 0 bridgehead atoms. The van der Waals surface area contributed by atoms with Gasteiger partial charge in [0.15, 0.2) is 0 Å². The van der Waals surface area contributed by atoms with Crippen LogP contribution in [0.4, 0.5) is 24.7 Å². The number of benzene rings is 2. The van der Waals surface area contributed by atoms with E-state index in [0.717, 1.165) is 29.7 Å². The van der Waals surface area contributed by atoms with Gasteiger partial charge in [0.05, 0.1) is 10.5 Å². The van der Waals surface area contributed by atoms with E-state index in [9.17, 15) is 13.2 Å². The van der Waals surface area contributed by atoms with Crippen LogP contribution in [-0.4, -0.2) is 32.6 Å². The zero-order valence-corrected chi connectivity index (χ0v) is 19.1. The molecule has 0 saturated carbocycles. The van der Waals surface area contributed by atoms with Gasteiger partial charge < -0.3 is 4.90 Å². The average Bonchev–Trinajstić information content (AvgIpc) is 3.26. The molecule has 0 atom stereocenters. The summed E-state index contributed by atoms with van der Waals surface area (Å²) in [6, 6.07) is 8.90. The summed E-state index contributed by atoms with van der Waals surface area (Å²) in [4.78, 5) is 6.76. The molecule has 5 nitrogen and oxygen atoms in total. The quantitative estimate of drug-likeness (QED) is 0.337. The number of hydrogen-bond acceptors (Lipinski definition) is 4. The third-order valence-electron chi connectivity index (χ3n) is 6.51. The minimum Gasteiger partial charge on any atom is -0.325 e. The maximum Gasteiger partial charge on any atom is 0.257 e. The molecule has 5 rings (SSSR count). The summed E-state index contributed by atoms with van der Waals surface area (Å²) in [5.74, 6) is 0.439. The van der Waals surface area contributed by atoms with Crippen LogP contribution in [0.5, 0.6) is 0 Å². The Morgan fingerprint density at radius 3 is 2.82 bits per heavy atom. The van der Waals surface area contributed by atoms with Gasteiger partial charge in [-0.25, -0.2) is 13.2 Å². The van der Waals surface area contributed by atoms with Crippen LogP contribution >= 0.6 is 11.6 Å². The highest BCUT2D eigenvalue weighted by atomic mass is 35.5. The van der Waals surface area contributed by atoms with Crippen molar-refractivity contribution in [2.45, 2.75) is 46.0 Å². The fourth-order valence-electron chi connectivity index (χ4n) is 4.47. The van der Waals surface area contributed by atoms with Crippen LogP contribution < -0.4 is 4.90 Å². The maximum atomic E-state index is 14.5. The molecule has 2 aromatic carbocycles. The zero-order chi connectivity index (χ0) is 23.3. The zero-order valence-electron chi connectivity index (χ0n) is 18.3. The summed E-state index contributed by atoms with van der Waals surface area (Å²) in [5.41, 5.74) is 2.76. The fourth-order valence-corrected chi connectivity index (χ4v) is 4.63. The molecule has 33 heavy (non-hydrogen) atoms. The van der Waals surface area contributed by atoms with Gasteiger partial charge in [-0.2, -0.15) is 4.98 Å². The summed E-state index contributed by atoms with van der Waals surface area (Å²) < 4.78 is 42.9. The van der Waals surface area contributed by atoms with Crippen LogP contribution in [-0.2, 0) is 12.8 Å². The number of fused-ring (bicyclic) bond motifs is 4. The Labute approximate surface area is 194 Å². The standard InChI is InChI=1S/C24H23ClF3N5/c1-24(2,22(27)28)9-8-14-5-3-7-19-15(14)6-4-10-32(19)21-16-11-18(26)17(25)12-20(16)33-13-29-31-23(33)30-21/h3,5,7,11-13,22H,4,6,8-10H2,1-2H3. The molecule has 0 unspecified atom stereocenters. The van der Waals surface area contributed by atoms with Gasteiger partial charge in [0.2, 0.25) is 6.43 Å². The molecule has 172 valence electrons. The molecule has 4 aromatic rings. The first-order chi connectivity index (χ1) is 15.8. The van der Waals surface area contributed by atoms with Crippen LogP contribution in [0.2, 0.25) is 5.02 Å². The molecule has 0 amide bonds. The van der Waals surface area contributed by atoms with E-state index in [1.807, 2.05) is 18.2 Å². The van der Waals surface area contributed by atoms with E-state index in [2.05, 4.69) is 15.1 Å². The summed E-state index contributed by atoms with van der Waals surface area (Å²) in [6.07, 6.45) is 1.81. The van der Waals surface area contributed by atoms with Crippen LogP contribution in [0.15, 0.2) is 36.7 Å². The molecular weight excluding hydrogens is 451 g/mol. The molecule has 2 aromatic heterocycles. The van der Waals surface area contributed by atoms with Crippen molar-refractivity contribution in [2.75, 3.05) is 11.4 Å². The normalized spacial score (nSPS) is 14.5. The molecule has 0 aliphatic carbocycles. The van der Waals surface area contributed by atoms with Crippen LogP contribution in [0.25, 0.3) is 16.7 Å². The molecule has 9 heteroatoms. The van der Waals surface area contributed by atoms with Gasteiger partial charge in [-0.05, 0) is 55.0 Å². The smallest absolute Gasteiger partial charge is 0.257 e. The Morgan fingerprint density at radius 1 is 1.21 bits per heavy atom. The number of nitrogens with zero attached hydrogens (tertiary/aromatic N) is 5. The minimum atomic E-state index is -2.37. The second kappa shape index (κ2) is 8.17. The highest BCUT2D eigenvalue weighted by Gasteiger charge is 2.30. The Kier molecular flexibility index (Phi) is 5.43. The van der Waals surface area contributed by atoms with Gasteiger partial charge in [-0.3, -0.25) is 4.40 Å². The van der Waals surface area contributed by atoms with E-state index in [1.54, 1.807) is 24.3 Å². The molecular formula is C24H23ClF3N5. The second-order valence-corrected chi connectivity index (χ2v) is 9.59. The van der Waals surface area contributed by atoms with E-state index in [1.165, 1.54) is 12.4 Å². The lowest BCUT2D eigenvalue weighted by atomic mass is 9.84. The molecule has 0 saturated heterocycles. The number of aryl methyl sites for hydroxylation is 1. The monoisotopic (exact) mass is 473 g/mol. The predicted molar refractivity (Wildman–Crippen MR) is 123 cm³/mol. The summed E-state index contributed by atoms with van der Waals surface area (Å²) >= 11 is 6.07. The summed E-state index contributed by atoms with van der Waals surface area (Å²) in [5, 5.41) is 8.64. The van der Waals surface area contributed by atoms with E-state index < -0.39 is 17.7 Å². The first-order valence-electron chi connectivity index (χ1n) is 10.9. The first-order valence-corrected chi connectivity index (χ1v) is 11.3. The Morgan fingerprint density at radius 2 is 2.03 bits per heavy atom. The summed E-state index contributed by atoms with van der Waals surface area (Å²) in [6.45, 7) is 3.89. The topological polar surface area (TPSA) is 46.3 Å². The second-order valence-electron chi connectivity index (χ2n) is 9.18. The first kappa shape index (κ1) is 21.9. The van der Waals surface area contributed by atoms with Crippen LogP contribution in [0.1, 0.15) is 37.8 Å². The van der Waals surface area contributed by atoms with Crippen LogP contribution in [0.3, 0.4) is 0 Å². The third-order valence-corrected chi connectivity index (χ3v) is 6.80. The number of alkyl halides is 2. The van der Waals surface area contributed by atoms with Gasteiger partial charge in [-0.1, -0.05) is 37.6 Å². The molecule has 0 fully saturated rings. The molecule has 3 heterocycles. The van der Waals surface area contributed by atoms with E-state index in [-0.39, 0.29) is 5.02 Å². The largest absolute Gasteiger partial charge is 0.325 e. The van der Waals surface area contributed by atoms with Gasteiger partial charge in [-0.15, -0.1) is 10.2 Å². The average molecular weight is 474 g/mol. The van der Waals surface area contributed by atoms with Crippen LogP contribution in [0, 0.1) is 11.2 Å². The van der Waals surface area contributed by atoms with Crippen molar-refractivity contribution in [3.8, 4) is 0 Å². The van der Waals surface area contributed by atoms with Gasteiger partial charge in [0, 0.05) is 23.0 Å². The number of anilines is 2. The lowest BCUT2D eigenvalue weighted by molar-refractivity contribution is 0.0143. The van der Waals surface area contributed by atoms with Gasteiger partial charge in [0.1, 0.15) is 18.0 Å². The fraction of sp³-hybridized carbons (Fsp3) is 0.375. The van der Waals surface area contributed by atoms with Crippen molar-refractivity contribution in [2.24, 2.45) is 5.41 Å². The number of rotatable bonds is 5. The van der Waals surface area contributed by atoms with E-state index in [4.69, 9.17) is 16.6 Å². The lowest BCUT2D eigenvalue weighted by Crippen LogP contribution is -2.27.